The molecule has 71 valence electrons. The molecule has 0 N–H and O–H groups in total. The molecule has 0 saturated heterocycles. The largest absolute Gasteiger partial charge is 0.261 e. The fraction of sp³-hybridized carbons (Fsp3) is 0.545. The summed E-state index contributed by atoms with van der Waals surface area (Å²) in [4.78, 5) is 8.50. The van der Waals surface area contributed by atoms with Crippen LogP contribution in [0.15, 0.2) is 12.4 Å². The molecule has 0 aromatic carbocycles. The molecule has 1 rings (SSSR count). The molecule has 0 aliphatic rings. The van der Waals surface area contributed by atoms with Crippen LogP contribution in [0.4, 0.5) is 0 Å². The minimum Gasteiger partial charge on any atom is -0.261 e. The molecular formula is C11H17N2. The van der Waals surface area contributed by atoms with Crippen LogP contribution < -0.4 is 0 Å². The SMILES string of the molecule is [CH2]CCCCCc1cncc(C)n1. The molecule has 2 nitrogen and oxygen atoms in total. The Morgan fingerprint density at radius 2 is 2.08 bits per heavy atom. The van der Waals surface area contributed by atoms with Gasteiger partial charge in [-0.1, -0.05) is 26.2 Å². The van der Waals surface area contributed by atoms with Gasteiger partial charge in [-0.3, -0.25) is 9.97 Å². The lowest BCUT2D eigenvalue weighted by atomic mass is 10.1. The first kappa shape index (κ1) is 10.2. The number of aryl methyl sites for hydroxylation is 2. The van der Waals surface area contributed by atoms with E-state index < -0.39 is 0 Å². The third kappa shape index (κ3) is 4.02. The second-order valence-corrected chi connectivity index (χ2v) is 3.32. The van der Waals surface area contributed by atoms with Crippen molar-refractivity contribution in [2.24, 2.45) is 0 Å². The van der Waals surface area contributed by atoms with Gasteiger partial charge >= 0.3 is 0 Å². The van der Waals surface area contributed by atoms with Gasteiger partial charge in [0.1, 0.15) is 0 Å². The van der Waals surface area contributed by atoms with Gasteiger partial charge < -0.3 is 0 Å². The molecule has 1 heterocycles. The van der Waals surface area contributed by atoms with E-state index in [1.165, 1.54) is 19.3 Å². The lowest BCUT2D eigenvalue weighted by Crippen LogP contribution is -1.93. The average Bonchev–Trinajstić information content (AvgIpc) is 2.13. The molecule has 1 aromatic heterocycles. The fourth-order valence-corrected chi connectivity index (χ4v) is 1.30. The monoisotopic (exact) mass is 177 g/mol. The van der Waals surface area contributed by atoms with Gasteiger partial charge in [-0.2, -0.15) is 0 Å². The van der Waals surface area contributed by atoms with Crippen LogP contribution in [-0.2, 0) is 6.42 Å². The van der Waals surface area contributed by atoms with Gasteiger partial charge in [-0.05, 0) is 19.8 Å². The lowest BCUT2D eigenvalue weighted by Gasteiger charge is -2.00. The Hall–Kier alpha value is -0.920. The van der Waals surface area contributed by atoms with Crippen molar-refractivity contribution in [2.45, 2.75) is 39.0 Å². The van der Waals surface area contributed by atoms with Crippen molar-refractivity contribution in [3.05, 3.63) is 30.7 Å². The summed E-state index contributed by atoms with van der Waals surface area (Å²) < 4.78 is 0. The second kappa shape index (κ2) is 5.68. The van der Waals surface area contributed by atoms with E-state index >= 15 is 0 Å². The highest BCUT2D eigenvalue weighted by Gasteiger charge is 1.95. The minimum atomic E-state index is 1.01. The highest BCUT2D eigenvalue weighted by molar-refractivity contribution is 5.01. The quantitative estimate of drug-likeness (QED) is 0.646. The Balaban J connectivity index is 2.28. The van der Waals surface area contributed by atoms with E-state index in [1.807, 2.05) is 13.1 Å². The van der Waals surface area contributed by atoms with Crippen molar-refractivity contribution in [1.29, 1.82) is 0 Å². The van der Waals surface area contributed by atoms with Crippen LogP contribution >= 0.6 is 0 Å². The van der Waals surface area contributed by atoms with Gasteiger partial charge in [0.15, 0.2) is 0 Å². The summed E-state index contributed by atoms with van der Waals surface area (Å²) in [6, 6.07) is 0. The van der Waals surface area contributed by atoms with Gasteiger partial charge in [0, 0.05) is 12.4 Å². The zero-order valence-corrected chi connectivity index (χ0v) is 8.29. The van der Waals surface area contributed by atoms with Crippen molar-refractivity contribution in [3.8, 4) is 0 Å². The zero-order valence-electron chi connectivity index (χ0n) is 8.29. The Kier molecular flexibility index (Phi) is 4.44. The molecule has 0 atom stereocenters. The summed E-state index contributed by atoms with van der Waals surface area (Å²) in [5.41, 5.74) is 2.12. The molecule has 0 spiro atoms. The molecule has 0 aliphatic carbocycles. The highest BCUT2D eigenvalue weighted by atomic mass is 14.8. The highest BCUT2D eigenvalue weighted by Crippen LogP contribution is 2.04. The van der Waals surface area contributed by atoms with Crippen LogP contribution in [0, 0.1) is 13.8 Å². The van der Waals surface area contributed by atoms with Crippen LogP contribution in [-0.4, -0.2) is 9.97 Å². The van der Waals surface area contributed by atoms with Gasteiger partial charge in [0.05, 0.1) is 11.4 Å². The van der Waals surface area contributed by atoms with Gasteiger partial charge in [0.25, 0.3) is 0 Å². The van der Waals surface area contributed by atoms with Crippen LogP contribution in [0.5, 0.6) is 0 Å². The van der Waals surface area contributed by atoms with Gasteiger partial charge in [-0.25, -0.2) is 0 Å². The van der Waals surface area contributed by atoms with E-state index in [1.54, 1.807) is 6.20 Å². The molecule has 0 unspecified atom stereocenters. The van der Waals surface area contributed by atoms with Crippen molar-refractivity contribution in [2.75, 3.05) is 0 Å². The number of aromatic nitrogens is 2. The van der Waals surface area contributed by atoms with Gasteiger partial charge in [0.2, 0.25) is 0 Å². The van der Waals surface area contributed by atoms with Crippen LogP contribution in [0.3, 0.4) is 0 Å². The van der Waals surface area contributed by atoms with E-state index in [-0.39, 0.29) is 0 Å². The molecule has 0 amide bonds. The number of rotatable bonds is 5. The van der Waals surface area contributed by atoms with Crippen LogP contribution in [0.25, 0.3) is 0 Å². The summed E-state index contributed by atoms with van der Waals surface area (Å²) in [7, 11) is 0. The van der Waals surface area contributed by atoms with Crippen molar-refractivity contribution in [1.82, 2.24) is 9.97 Å². The first-order valence-electron chi connectivity index (χ1n) is 4.89. The first-order chi connectivity index (χ1) is 6.33. The minimum absolute atomic E-state index is 1.01. The standard InChI is InChI=1S/C11H17N2/c1-3-4-5-6-7-11-9-12-8-10(2)13-11/h8-9H,1,3-7H2,2H3. The van der Waals surface area contributed by atoms with Gasteiger partial charge in [-0.15, -0.1) is 0 Å². The van der Waals surface area contributed by atoms with Crippen molar-refractivity contribution < 1.29 is 0 Å². The third-order valence-electron chi connectivity index (χ3n) is 1.99. The second-order valence-electron chi connectivity index (χ2n) is 3.32. The van der Waals surface area contributed by atoms with E-state index in [0.717, 1.165) is 24.2 Å². The number of unbranched alkanes of at least 4 members (excludes halogenated alkanes) is 3. The number of nitrogens with zero attached hydrogens (tertiary/aromatic N) is 2. The maximum absolute atomic E-state index is 4.39. The zero-order chi connectivity index (χ0) is 9.52. The molecule has 0 fully saturated rings. The maximum atomic E-state index is 4.39. The molecule has 0 bridgehead atoms. The summed E-state index contributed by atoms with van der Waals surface area (Å²) in [5.74, 6) is 0. The Morgan fingerprint density at radius 3 is 2.77 bits per heavy atom. The lowest BCUT2D eigenvalue weighted by molar-refractivity contribution is 0.675. The summed E-state index contributed by atoms with van der Waals surface area (Å²) in [6.07, 6.45) is 9.41. The van der Waals surface area contributed by atoms with Crippen LogP contribution in [0.1, 0.15) is 37.1 Å². The number of hydrogen-bond donors (Lipinski definition) is 0. The summed E-state index contributed by atoms with van der Waals surface area (Å²) >= 11 is 0. The molecule has 1 radical (unpaired) electrons. The van der Waals surface area contributed by atoms with E-state index in [2.05, 4.69) is 16.9 Å². The Labute approximate surface area is 80.4 Å². The topological polar surface area (TPSA) is 25.8 Å². The van der Waals surface area contributed by atoms with E-state index in [9.17, 15) is 0 Å². The normalized spacial score (nSPS) is 10.3. The maximum Gasteiger partial charge on any atom is 0.0589 e. The Morgan fingerprint density at radius 1 is 1.23 bits per heavy atom. The number of hydrogen-bond acceptors (Lipinski definition) is 2. The summed E-state index contributed by atoms with van der Waals surface area (Å²) in [6.45, 7) is 5.80. The molecule has 0 saturated carbocycles. The Bertz CT molecular complexity index is 246. The van der Waals surface area contributed by atoms with Crippen LogP contribution in [0.2, 0.25) is 0 Å². The van der Waals surface area contributed by atoms with Crippen molar-refractivity contribution in [3.63, 3.8) is 0 Å². The fourth-order valence-electron chi connectivity index (χ4n) is 1.30. The third-order valence-corrected chi connectivity index (χ3v) is 1.99. The predicted molar refractivity (Wildman–Crippen MR) is 54.3 cm³/mol. The smallest absolute Gasteiger partial charge is 0.0589 e. The summed E-state index contributed by atoms with van der Waals surface area (Å²) in [5, 5.41) is 0. The van der Waals surface area contributed by atoms with E-state index in [0.29, 0.717) is 0 Å². The first-order valence-corrected chi connectivity index (χ1v) is 4.89. The van der Waals surface area contributed by atoms with E-state index in [4.69, 9.17) is 0 Å². The average molecular weight is 177 g/mol. The molecule has 1 aromatic rings. The molecule has 0 aliphatic heterocycles. The molecule has 2 heteroatoms. The molecular weight excluding hydrogens is 160 g/mol. The molecule has 13 heavy (non-hydrogen) atoms. The predicted octanol–water partition coefficient (Wildman–Crippen LogP) is 2.72. The van der Waals surface area contributed by atoms with Crippen molar-refractivity contribution >= 4 is 0 Å².